The summed E-state index contributed by atoms with van der Waals surface area (Å²) in [5, 5.41) is 0. The first kappa shape index (κ1) is 19.6. The summed E-state index contributed by atoms with van der Waals surface area (Å²) in [4.78, 5) is 0.0770. The van der Waals surface area contributed by atoms with E-state index < -0.39 is 10.0 Å². The van der Waals surface area contributed by atoms with E-state index in [4.69, 9.17) is 14.2 Å². The third-order valence-corrected chi connectivity index (χ3v) is 4.93. The molecule has 0 aliphatic rings. The predicted molar refractivity (Wildman–Crippen MR) is 99.2 cm³/mol. The predicted octanol–water partition coefficient (Wildman–Crippen LogP) is 2.37. The van der Waals surface area contributed by atoms with Gasteiger partial charge < -0.3 is 14.2 Å². The number of hydrogen-bond acceptors (Lipinski definition) is 5. The van der Waals surface area contributed by atoms with E-state index in [9.17, 15) is 8.42 Å². The average Bonchev–Trinajstić information content (AvgIpc) is 2.65. The van der Waals surface area contributed by atoms with Crippen LogP contribution in [0.4, 0.5) is 0 Å². The van der Waals surface area contributed by atoms with E-state index in [1.54, 1.807) is 0 Å². The van der Waals surface area contributed by atoms with Crippen molar-refractivity contribution in [2.75, 3.05) is 27.4 Å². The smallest absolute Gasteiger partial charge is 0.241 e. The summed E-state index contributed by atoms with van der Waals surface area (Å²) in [5.41, 5.74) is 1.02. The highest BCUT2D eigenvalue weighted by molar-refractivity contribution is 7.89. The second-order valence-electron chi connectivity index (χ2n) is 5.25. The fourth-order valence-corrected chi connectivity index (χ4v) is 3.08. The quantitative estimate of drug-likeness (QED) is 0.752. The van der Waals surface area contributed by atoms with Crippen LogP contribution in [0.1, 0.15) is 5.56 Å². The van der Waals surface area contributed by atoms with Gasteiger partial charge in [0.15, 0.2) is 11.5 Å². The van der Waals surface area contributed by atoms with Crippen molar-refractivity contribution in [1.82, 2.24) is 4.72 Å². The third kappa shape index (κ3) is 5.15. The van der Waals surface area contributed by atoms with E-state index in [1.165, 1.54) is 32.4 Å². The average molecular weight is 375 g/mol. The second kappa shape index (κ2) is 9.13. The molecule has 6 nitrogen and oxygen atoms in total. The largest absolute Gasteiger partial charge is 0.493 e. The lowest BCUT2D eigenvalue weighted by Crippen LogP contribution is -2.24. The third-order valence-electron chi connectivity index (χ3n) is 3.53. The zero-order valence-electron chi connectivity index (χ0n) is 14.9. The molecule has 0 amide bonds. The molecule has 0 aliphatic heterocycles. The summed E-state index contributed by atoms with van der Waals surface area (Å²) < 4.78 is 42.8. The van der Waals surface area contributed by atoms with E-state index in [-0.39, 0.29) is 18.0 Å². The zero-order valence-corrected chi connectivity index (χ0v) is 15.7. The van der Waals surface area contributed by atoms with Crippen molar-refractivity contribution in [1.29, 1.82) is 0 Å². The number of aryl methyl sites for hydroxylation is 1. The second-order valence-corrected chi connectivity index (χ2v) is 7.02. The van der Waals surface area contributed by atoms with E-state index >= 15 is 0 Å². The summed E-state index contributed by atoms with van der Waals surface area (Å²) in [6.07, 6.45) is 0. The highest BCUT2D eigenvalue weighted by Crippen LogP contribution is 2.29. The van der Waals surface area contributed by atoms with Gasteiger partial charge in [0.05, 0.1) is 25.7 Å². The molecule has 0 fully saturated rings. The Morgan fingerprint density at radius 1 is 0.962 bits per heavy atom. The molecule has 1 N–H and O–H groups in total. The van der Waals surface area contributed by atoms with E-state index in [0.717, 1.165) is 11.3 Å². The standard InChI is InChI=1S/C19H21NO5S/c1-15-8-4-5-9-17(15)25-13-7-6-12-20-26(21,22)16-10-11-18(23-2)19(14-16)24-3/h4-5,8-11,14,20H,12-13H2,1-3H3. The summed E-state index contributed by atoms with van der Waals surface area (Å²) in [5.74, 6) is 7.07. The Kier molecular flexibility index (Phi) is 6.89. The molecule has 2 aromatic carbocycles. The lowest BCUT2D eigenvalue weighted by Gasteiger charge is -2.10. The molecule has 0 atom stereocenters. The number of rotatable bonds is 7. The molecule has 2 rings (SSSR count). The van der Waals surface area contributed by atoms with Gasteiger partial charge in [-0.1, -0.05) is 30.0 Å². The van der Waals surface area contributed by atoms with Crippen LogP contribution in [0.3, 0.4) is 0 Å². The molecule has 0 saturated carbocycles. The minimum Gasteiger partial charge on any atom is -0.493 e. The summed E-state index contributed by atoms with van der Waals surface area (Å²) in [7, 11) is -0.762. The topological polar surface area (TPSA) is 73.9 Å². The molecular formula is C19H21NO5S. The van der Waals surface area contributed by atoms with Gasteiger partial charge in [-0.3, -0.25) is 0 Å². The monoisotopic (exact) mass is 375 g/mol. The maximum Gasteiger partial charge on any atom is 0.241 e. The highest BCUT2D eigenvalue weighted by atomic mass is 32.2. The van der Waals surface area contributed by atoms with Crippen LogP contribution in [0.15, 0.2) is 47.4 Å². The van der Waals surface area contributed by atoms with Gasteiger partial charge in [-0.25, -0.2) is 8.42 Å². The van der Waals surface area contributed by atoms with Crippen molar-refractivity contribution in [3.63, 3.8) is 0 Å². The molecule has 0 radical (unpaired) electrons. The van der Waals surface area contributed by atoms with Crippen molar-refractivity contribution < 1.29 is 22.6 Å². The molecule has 26 heavy (non-hydrogen) atoms. The highest BCUT2D eigenvalue weighted by Gasteiger charge is 2.16. The van der Waals surface area contributed by atoms with Crippen LogP contribution < -0.4 is 18.9 Å². The van der Waals surface area contributed by atoms with Gasteiger partial charge in [0, 0.05) is 6.07 Å². The SMILES string of the molecule is COc1ccc(S(=O)(=O)NCC#CCOc2ccccc2C)cc1OC. The molecule has 0 saturated heterocycles. The maximum absolute atomic E-state index is 12.3. The van der Waals surface area contributed by atoms with Crippen molar-refractivity contribution in [3.05, 3.63) is 48.0 Å². The van der Waals surface area contributed by atoms with Gasteiger partial charge in [0.1, 0.15) is 12.4 Å². The van der Waals surface area contributed by atoms with Crippen LogP contribution in [0.2, 0.25) is 0 Å². The number of benzene rings is 2. The van der Waals surface area contributed by atoms with Crippen LogP contribution in [0.25, 0.3) is 0 Å². The molecule has 0 heterocycles. The first-order valence-electron chi connectivity index (χ1n) is 7.84. The lowest BCUT2D eigenvalue weighted by molar-refractivity contribution is 0.354. The van der Waals surface area contributed by atoms with Gasteiger partial charge in [-0.05, 0) is 30.7 Å². The molecule has 138 valence electrons. The van der Waals surface area contributed by atoms with E-state index in [0.29, 0.717) is 11.5 Å². The normalized spacial score (nSPS) is 10.6. The van der Waals surface area contributed by atoms with Crippen molar-refractivity contribution in [2.45, 2.75) is 11.8 Å². The van der Waals surface area contributed by atoms with Crippen LogP contribution in [-0.2, 0) is 10.0 Å². The van der Waals surface area contributed by atoms with Gasteiger partial charge >= 0.3 is 0 Å². The molecule has 7 heteroatoms. The molecular weight excluding hydrogens is 354 g/mol. The number of para-hydroxylation sites is 1. The van der Waals surface area contributed by atoms with Crippen LogP contribution in [0.5, 0.6) is 17.2 Å². The molecule has 0 aliphatic carbocycles. The number of ether oxygens (including phenoxy) is 3. The first-order chi connectivity index (χ1) is 12.5. The van der Waals surface area contributed by atoms with Gasteiger partial charge in [0.2, 0.25) is 10.0 Å². The van der Waals surface area contributed by atoms with Crippen LogP contribution in [-0.4, -0.2) is 35.8 Å². The van der Waals surface area contributed by atoms with Crippen LogP contribution >= 0.6 is 0 Å². The Morgan fingerprint density at radius 3 is 2.38 bits per heavy atom. The summed E-state index contributed by atoms with van der Waals surface area (Å²) in [6.45, 7) is 2.11. The Bertz CT molecular complexity index is 913. The Balaban J connectivity index is 1.92. The van der Waals surface area contributed by atoms with E-state index in [1.807, 2.05) is 31.2 Å². The number of methoxy groups -OCH3 is 2. The lowest BCUT2D eigenvalue weighted by atomic mass is 10.2. The van der Waals surface area contributed by atoms with Crippen molar-refractivity contribution in [2.24, 2.45) is 0 Å². The Morgan fingerprint density at radius 2 is 1.69 bits per heavy atom. The minimum atomic E-state index is -3.69. The van der Waals surface area contributed by atoms with Gasteiger partial charge in [-0.2, -0.15) is 4.72 Å². The summed E-state index contributed by atoms with van der Waals surface area (Å²) >= 11 is 0. The molecule has 2 aromatic rings. The maximum atomic E-state index is 12.3. The fourth-order valence-electron chi connectivity index (χ4n) is 2.14. The van der Waals surface area contributed by atoms with Gasteiger partial charge in [0.25, 0.3) is 0 Å². The van der Waals surface area contributed by atoms with Crippen molar-refractivity contribution >= 4 is 10.0 Å². The first-order valence-corrected chi connectivity index (χ1v) is 9.32. The Hall–Kier alpha value is -2.69. The minimum absolute atomic E-state index is 0.0200. The fraction of sp³-hybridized carbons (Fsp3) is 0.263. The molecule has 0 aromatic heterocycles. The number of nitrogens with one attached hydrogen (secondary N) is 1. The van der Waals surface area contributed by atoms with Crippen molar-refractivity contribution in [3.8, 4) is 29.1 Å². The number of sulfonamides is 1. The zero-order chi connectivity index (χ0) is 19.0. The Labute approximate surface area is 154 Å². The van der Waals surface area contributed by atoms with Gasteiger partial charge in [-0.15, -0.1) is 0 Å². The molecule has 0 spiro atoms. The van der Waals surface area contributed by atoms with E-state index in [2.05, 4.69) is 16.6 Å². The molecule has 0 bridgehead atoms. The summed E-state index contributed by atoms with van der Waals surface area (Å²) in [6, 6.07) is 12.0. The molecule has 0 unspecified atom stereocenters. The number of hydrogen-bond donors (Lipinski definition) is 1. The van der Waals surface area contributed by atoms with Crippen LogP contribution in [0, 0.1) is 18.8 Å².